The average molecular weight is 154 g/mol. The molecule has 0 unspecified atom stereocenters. The molecule has 0 rings (SSSR count). The van der Waals surface area contributed by atoms with E-state index in [0.717, 1.165) is 6.08 Å². The summed E-state index contributed by atoms with van der Waals surface area (Å²) in [5.74, 6) is 0. The van der Waals surface area contributed by atoms with E-state index in [4.69, 9.17) is 4.79 Å². The molecule has 5 heteroatoms. The van der Waals surface area contributed by atoms with Crippen molar-refractivity contribution in [3.8, 4) is 0 Å². The number of rotatable bonds is 0. The van der Waals surface area contributed by atoms with Gasteiger partial charge >= 0.3 is 57.5 Å². The van der Waals surface area contributed by atoms with Gasteiger partial charge in [0.15, 0.2) is 0 Å². The van der Waals surface area contributed by atoms with E-state index in [1.54, 1.807) is 0 Å². The molecular weight excluding hydrogens is 152 g/mol. The van der Waals surface area contributed by atoms with E-state index < -0.39 is 0 Å². The second-order valence-corrected chi connectivity index (χ2v) is 0.118. The molecule has 0 amide bonds. The predicted molar refractivity (Wildman–Crippen MR) is 7.62 cm³/mol. The molecule has 0 aromatic carbocycles. The van der Waals surface area contributed by atoms with Crippen LogP contribution in [0.15, 0.2) is 0 Å². The number of carbonyl (C=O) groups excluding carboxylic acids is 1. The van der Waals surface area contributed by atoms with Crippen LogP contribution in [0, 0.1) is 0 Å². The maximum atomic E-state index is 8.46. The van der Waals surface area contributed by atoms with E-state index >= 15 is 0 Å². The molecule has 0 aliphatic heterocycles. The molecule has 32 valence electrons. The van der Waals surface area contributed by atoms with E-state index in [0.29, 0.717) is 0 Å². The van der Waals surface area contributed by atoms with Gasteiger partial charge in [-0.15, -0.1) is 0 Å². The summed E-state index contributed by atoms with van der Waals surface area (Å²) in [6, 6.07) is 0. The van der Waals surface area contributed by atoms with Crippen molar-refractivity contribution in [2.75, 3.05) is 0 Å². The summed E-state index contributed by atoms with van der Waals surface area (Å²) >= 11 is 0. The molecule has 0 saturated heterocycles. The van der Waals surface area contributed by atoms with Crippen LogP contribution in [0.2, 0.25) is 0 Å². The maximum Gasteiger partial charge on any atom is 1.00 e. The Morgan fingerprint density at radius 3 is 1.33 bits per heavy atom. The molecule has 2 N–H and O–H groups in total. The number of nitrogens with two attached hydrogens (primary N) is 1. The Morgan fingerprint density at radius 2 is 1.33 bits per heavy atom. The summed E-state index contributed by atoms with van der Waals surface area (Å²) in [5.41, 5.74) is 0. The second-order valence-electron chi connectivity index (χ2n) is 0.118. The van der Waals surface area contributed by atoms with E-state index in [-0.39, 0.29) is 76.2 Å². The number of hydrogen-bond donors (Lipinski definition) is 1. The second kappa shape index (κ2) is 30.6. The number of hydrogen-bond acceptors (Lipinski definition) is 1. The zero-order valence-electron chi connectivity index (χ0n) is 3.24. The average Bonchev–Trinajstić information content (AvgIpc) is 0.918. The minimum Gasteiger partial charge on any atom is -1.00 e. The Bertz CT molecular complexity index is 34.5. The maximum absolute atomic E-state index is 8.46. The van der Waals surface area contributed by atoms with Crippen LogP contribution in [0.25, 0.3) is 0 Å². The third-order valence-corrected chi connectivity index (χ3v) is 0. The molecule has 0 aromatic heterocycles. The van der Waals surface area contributed by atoms with Gasteiger partial charge in [0.1, 0.15) is 0 Å². The van der Waals surface area contributed by atoms with Gasteiger partial charge in [0.2, 0.25) is 0 Å². The molecule has 0 fully saturated rings. The smallest absolute Gasteiger partial charge is 1.00 e. The summed E-state index contributed by atoms with van der Waals surface area (Å²) in [5, 5.41) is 4.04. The minimum atomic E-state index is 0. The summed E-state index contributed by atoms with van der Waals surface area (Å²) < 4.78 is 0. The van der Waals surface area contributed by atoms with Gasteiger partial charge < -0.3 is 24.8 Å². The first-order chi connectivity index (χ1) is 1.41. The fourth-order valence-electron chi connectivity index (χ4n) is 0. The molecular formula is CH2Cl2KNO. The Balaban J connectivity index is -0.00000000667. The van der Waals surface area contributed by atoms with Crippen LogP contribution in [0.3, 0.4) is 0 Å². The van der Waals surface area contributed by atoms with Crippen molar-refractivity contribution in [1.82, 2.24) is 0 Å². The Labute approximate surface area is 90.8 Å². The molecule has 0 heterocycles. The van der Waals surface area contributed by atoms with Crippen molar-refractivity contribution in [2.45, 2.75) is 0 Å². The van der Waals surface area contributed by atoms with Crippen LogP contribution < -0.4 is 81.6 Å². The SMILES string of the molecule is [Cl-].[Cl-].[K+].[NH2+]=C=O. The molecule has 0 atom stereocenters. The monoisotopic (exact) mass is 153 g/mol. The molecule has 0 bridgehead atoms. The van der Waals surface area contributed by atoms with Crippen molar-refractivity contribution in [3.05, 3.63) is 0 Å². The largest absolute Gasteiger partial charge is 1.00 e. The van der Waals surface area contributed by atoms with Crippen molar-refractivity contribution < 1.29 is 86.4 Å². The standard InChI is InChI=1S/CHNO.2ClH.K/c2-1-3;;;/h2H;2*1H;/q;;;+1/p-1. The van der Waals surface area contributed by atoms with Crippen LogP contribution >= 0.6 is 0 Å². The van der Waals surface area contributed by atoms with Gasteiger partial charge in [0.25, 0.3) is 0 Å². The third kappa shape index (κ3) is 46.4. The molecule has 2 nitrogen and oxygen atoms in total. The third-order valence-electron chi connectivity index (χ3n) is 0. The van der Waals surface area contributed by atoms with E-state index in [2.05, 4.69) is 5.41 Å². The van der Waals surface area contributed by atoms with Gasteiger partial charge in [0, 0.05) is 0 Å². The fourth-order valence-corrected chi connectivity index (χ4v) is 0. The first-order valence-corrected chi connectivity index (χ1v) is 0.493. The quantitative estimate of drug-likeness (QED) is 0.210. The van der Waals surface area contributed by atoms with E-state index in [1.165, 1.54) is 0 Å². The number of isocyanates is 1. The van der Waals surface area contributed by atoms with Crippen molar-refractivity contribution in [1.29, 1.82) is 0 Å². The van der Waals surface area contributed by atoms with Gasteiger partial charge in [-0.05, 0) is 0 Å². The Morgan fingerprint density at radius 1 is 1.33 bits per heavy atom. The summed E-state index contributed by atoms with van der Waals surface area (Å²) in [4.78, 5) is 8.46. The van der Waals surface area contributed by atoms with Crippen LogP contribution in [0.1, 0.15) is 0 Å². The van der Waals surface area contributed by atoms with Gasteiger partial charge in [-0.1, -0.05) is 0 Å². The minimum absolute atomic E-state index is 0. The molecule has 0 saturated carbocycles. The van der Waals surface area contributed by atoms with Gasteiger partial charge in [-0.25, -0.2) is 0 Å². The summed E-state index contributed by atoms with van der Waals surface area (Å²) in [6.07, 6.45) is 1.00. The van der Waals surface area contributed by atoms with Crippen LogP contribution in [0.4, 0.5) is 0 Å². The van der Waals surface area contributed by atoms with Gasteiger partial charge in [-0.3, -0.25) is 0 Å². The van der Waals surface area contributed by atoms with E-state index in [1.807, 2.05) is 0 Å². The molecule has 0 aliphatic rings. The van der Waals surface area contributed by atoms with E-state index in [9.17, 15) is 0 Å². The first-order valence-electron chi connectivity index (χ1n) is 0.493. The molecule has 0 spiro atoms. The number of halogens is 2. The molecule has 0 radical (unpaired) electrons. The normalized spacial score (nSPS) is 1.33. The fraction of sp³-hybridized carbons (Fsp3) is 0. The zero-order chi connectivity index (χ0) is 2.71. The van der Waals surface area contributed by atoms with Gasteiger partial charge in [0.05, 0.1) is 0 Å². The molecule has 0 aliphatic carbocycles. The topological polar surface area (TPSA) is 42.7 Å². The summed E-state index contributed by atoms with van der Waals surface area (Å²) in [7, 11) is 0. The van der Waals surface area contributed by atoms with Crippen molar-refractivity contribution >= 4 is 6.08 Å². The molecule has 0 aromatic rings. The van der Waals surface area contributed by atoms with Crippen molar-refractivity contribution in [3.63, 3.8) is 0 Å². The zero-order valence-corrected chi connectivity index (χ0v) is 7.88. The molecule has 6 heavy (non-hydrogen) atoms. The van der Waals surface area contributed by atoms with Crippen LogP contribution in [-0.4, -0.2) is 6.08 Å². The Hall–Kier alpha value is 1.60. The Kier molecular flexibility index (Phi) is 131. The van der Waals surface area contributed by atoms with Crippen molar-refractivity contribution in [2.24, 2.45) is 0 Å². The summed E-state index contributed by atoms with van der Waals surface area (Å²) in [6.45, 7) is 0. The van der Waals surface area contributed by atoms with Crippen LogP contribution in [0.5, 0.6) is 0 Å². The predicted octanol–water partition coefficient (Wildman–Crippen LogP) is -10.9. The first kappa shape index (κ1) is 25.6. The van der Waals surface area contributed by atoms with Crippen LogP contribution in [-0.2, 0) is 4.79 Å². The van der Waals surface area contributed by atoms with Gasteiger partial charge in [-0.2, -0.15) is 10.2 Å².